The number of rotatable bonds is 5. The van der Waals surface area contributed by atoms with E-state index in [1.807, 2.05) is 43.3 Å². The maximum absolute atomic E-state index is 11.0. The summed E-state index contributed by atoms with van der Waals surface area (Å²) in [6.07, 6.45) is 0. The maximum Gasteiger partial charge on any atom is 0.269 e. The molecular weight excluding hydrogens is 356 g/mol. The SMILES string of the molecule is CNc1ccccc1N(C)c1c(C(C)(C)C)nnn1-c1ccc([N+](=O)[O-])cc1. The van der Waals surface area contributed by atoms with Crippen LogP contribution >= 0.6 is 0 Å². The van der Waals surface area contributed by atoms with E-state index in [1.165, 1.54) is 12.1 Å². The molecule has 3 aromatic rings. The molecule has 0 aliphatic rings. The van der Waals surface area contributed by atoms with Crippen molar-refractivity contribution in [3.63, 3.8) is 0 Å². The molecule has 28 heavy (non-hydrogen) atoms. The summed E-state index contributed by atoms with van der Waals surface area (Å²) in [5.41, 5.74) is 3.28. The Balaban J connectivity index is 2.18. The highest BCUT2D eigenvalue weighted by molar-refractivity contribution is 5.76. The van der Waals surface area contributed by atoms with Gasteiger partial charge in [0, 0.05) is 31.6 Å². The van der Waals surface area contributed by atoms with Crippen LogP contribution in [0.1, 0.15) is 26.5 Å². The largest absolute Gasteiger partial charge is 0.386 e. The van der Waals surface area contributed by atoms with Crippen LogP contribution in [0.25, 0.3) is 5.69 Å². The molecule has 0 unspecified atom stereocenters. The van der Waals surface area contributed by atoms with Crippen molar-refractivity contribution in [2.45, 2.75) is 26.2 Å². The Kier molecular flexibility index (Phi) is 5.04. The van der Waals surface area contributed by atoms with Gasteiger partial charge in [-0.15, -0.1) is 5.10 Å². The molecule has 146 valence electrons. The lowest BCUT2D eigenvalue weighted by Crippen LogP contribution is -2.21. The zero-order valence-corrected chi connectivity index (χ0v) is 16.7. The van der Waals surface area contributed by atoms with Gasteiger partial charge in [0.1, 0.15) is 5.69 Å². The van der Waals surface area contributed by atoms with E-state index >= 15 is 0 Å². The van der Waals surface area contributed by atoms with Gasteiger partial charge in [-0.1, -0.05) is 38.1 Å². The minimum absolute atomic E-state index is 0.0374. The normalized spacial score (nSPS) is 11.3. The molecule has 0 spiro atoms. The molecule has 1 heterocycles. The summed E-state index contributed by atoms with van der Waals surface area (Å²) in [6.45, 7) is 6.25. The maximum atomic E-state index is 11.0. The molecule has 0 saturated carbocycles. The summed E-state index contributed by atoms with van der Waals surface area (Å²) in [5.74, 6) is 0.809. The van der Waals surface area contributed by atoms with Gasteiger partial charge in [0.15, 0.2) is 5.82 Å². The van der Waals surface area contributed by atoms with E-state index in [1.54, 1.807) is 16.8 Å². The van der Waals surface area contributed by atoms with Gasteiger partial charge >= 0.3 is 0 Å². The van der Waals surface area contributed by atoms with E-state index in [0.717, 1.165) is 22.9 Å². The molecule has 2 aromatic carbocycles. The Morgan fingerprint density at radius 3 is 2.32 bits per heavy atom. The summed E-state index contributed by atoms with van der Waals surface area (Å²) >= 11 is 0. The monoisotopic (exact) mass is 380 g/mol. The highest BCUT2D eigenvalue weighted by atomic mass is 16.6. The number of hydrogen-bond acceptors (Lipinski definition) is 6. The number of nitro groups is 1. The topological polar surface area (TPSA) is 89.1 Å². The van der Waals surface area contributed by atoms with Crippen molar-refractivity contribution < 1.29 is 4.92 Å². The van der Waals surface area contributed by atoms with Crippen molar-refractivity contribution in [1.82, 2.24) is 15.0 Å². The number of aromatic nitrogens is 3. The molecule has 8 heteroatoms. The summed E-state index contributed by atoms with van der Waals surface area (Å²) in [7, 11) is 3.84. The Labute approximate surface area is 163 Å². The van der Waals surface area contributed by atoms with Gasteiger partial charge in [-0.05, 0) is 24.3 Å². The number of non-ortho nitro benzene ring substituents is 1. The number of para-hydroxylation sites is 2. The van der Waals surface area contributed by atoms with Crippen LogP contribution in [0.3, 0.4) is 0 Å². The van der Waals surface area contributed by atoms with Crippen molar-refractivity contribution in [3.8, 4) is 5.69 Å². The first-order chi connectivity index (χ1) is 13.2. The summed E-state index contributed by atoms with van der Waals surface area (Å²) in [5, 5.41) is 23.0. The molecule has 0 aliphatic carbocycles. The first-order valence-electron chi connectivity index (χ1n) is 8.95. The van der Waals surface area contributed by atoms with E-state index in [4.69, 9.17) is 0 Å². The summed E-state index contributed by atoms with van der Waals surface area (Å²) in [4.78, 5) is 12.6. The molecule has 1 aromatic heterocycles. The minimum atomic E-state index is -0.415. The van der Waals surface area contributed by atoms with Crippen molar-refractivity contribution in [1.29, 1.82) is 0 Å². The third kappa shape index (κ3) is 3.53. The fraction of sp³-hybridized carbons (Fsp3) is 0.300. The van der Waals surface area contributed by atoms with Crippen molar-refractivity contribution in [2.75, 3.05) is 24.3 Å². The van der Waals surface area contributed by atoms with Crippen LogP contribution in [0.15, 0.2) is 48.5 Å². The lowest BCUT2D eigenvalue weighted by Gasteiger charge is -2.26. The van der Waals surface area contributed by atoms with Gasteiger partial charge in [0.25, 0.3) is 5.69 Å². The van der Waals surface area contributed by atoms with Crippen LogP contribution in [-0.4, -0.2) is 34.0 Å². The molecule has 0 fully saturated rings. The number of benzene rings is 2. The smallest absolute Gasteiger partial charge is 0.269 e. The van der Waals surface area contributed by atoms with E-state index in [9.17, 15) is 10.1 Å². The molecule has 0 bridgehead atoms. The second-order valence-electron chi connectivity index (χ2n) is 7.52. The standard InChI is InChI=1S/C20H24N6O2/c1-20(2,3)18-19(24(5)17-9-7-6-8-16(17)21-4)25(23-22-18)14-10-12-15(13-11-14)26(27)28/h6-13,21H,1-5H3. The highest BCUT2D eigenvalue weighted by Crippen LogP contribution is 2.37. The van der Waals surface area contributed by atoms with Crippen LogP contribution in [0.2, 0.25) is 0 Å². The van der Waals surface area contributed by atoms with Crippen LogP contribution in [-0.2, 0) is 5.41 Å². The van der Waals surface area contributed by atoms with Gasteiger partial charge in [-0.25, -0.2) is 0 Å². The minimum Gasteiger partial charge on any atom is -0.386 e. The predicted molar refractivity (Wildman–Crippen MR) is 111 cm³/mol. The van der Waals surface area contributed by atoms with Crippen LogP contribution < -0.4 is 10.2 Å². The molecule has 8 nitrogen and oxygen atoms in total. The highest BCUT2D eigenvalue weighted by Gasteiger charge is 2.29. The second-order valence-corrected chi connectivity index (χ2v) is 7.52. The molecular formula is C20H24N6O2. The first-order valence-corrected chi connectivity index (χ1v) is 8.95. The van der Waals surface area contributed by atoms with Gasteiger partial charge in [-0.3, -0.25) is 10.1 Å². The third-order valence-corrected chi connectivity index (χ3v) is 4.51. The lowest BCUT2D eigenvalue weighted by molar-refractivity contribution is -0.384. The van der Waals surface area contributed by atoms with Gasteiger partial charge in [0.2, 0.25) is 0 Å². The average Bonchev–Trinajstić information content (AvgIpc) is 3.13. The van der Waals surface area contributed by atoms with Crippen molar-refractivity contribution in [3.05, 3.63) is 64.3 Å². The van der Waals surface area contributed by atoms with Crippen molar-refractivity contribution >= 4 is 22.9 Å². The Bertz CT molecular complexity index is 989. The van der Waals surface area contributed by atoms with Gasteiger partial charge in [0.05, 0.1) is 22.0 Å². The van der Waals surface area contributed by atoms with Gasteiger partial charge < -0.3 is 10.2 Å². The first kappa shape index (κ1) is 19.3. The predicted octanol–water partition coefficient (Wildman–Crippen LogP) is 4.28. The zero-order chi connectivity index (χ0) is 20.5. The number of nitrogens with one attached hydrogen (secondary N) is 1. The second kappa shape index (κ2) is 7.30. The molecule has 0 aliphatic heterocycles. The molecule has 0 atom stereocenters. The Hall–Kier alpha value is -3.42. The number of anilines is 3. The average molecular weight is 380 g/mol. The van der Waals surface area contributed by atoms with Crippen LogP contribution in [0.5, 0.6) is 0 Å². The number of nitrogens with zero attached hydrogens (tertiary/aromatic N) is 5. The lowest BCUT2D eigenvalue weighted by atomic mass is 9.92. The molecule has 3 rings (SSSR count). The third-order valence-electron chi connectivity index (χ3n) is 4.51. The molecule has 0 amide bonds. The van der Waals surface area contributed by atoms with Crippen LogP contribution in [0, 0.1) is 10.1 Å². The van der Waals surface area contributed by atoms with Gasteiger partial charge in [-0.2, -0.15) is 4.68 Å². The van der Waals surface area contributed by atoms with Crippen LogP contribution in [0.4, 0.5) is 22.9 Å². The zero-order valence-electron chi connectivity index (χ0n) is 16.7. The Morgan fingerprint density at radius 2 is 1.75 bits per heavy atom. The molecule has 0 radical (unpaired) electrons. The number of hydrogen-bond donors (Lipinski definition) is 1. The molecule has 0 saturated heterocycles. The fourth-order valence-corrected chi connectivity index (χ4v) is 3.04. The van der Waals surface area contributed by atoms with E-state index in [-0.39, 0.29) is 11.1 Å². The quantitative estimate of drug-likeness (QED) is 0.525. The number of nitro benzene ring substituents is 1. The van der Waals surface area contributed by atoms with E-state index in [0.29, 0.717) is 5.69 Å². The van der Waals surface area contributed by atoms with E-state index in [2.05, 4.69) is 36.4 Å². The van der Waals surface area contributed by atoms with Crippen molar-refractivity contribution in [2.24, 2.45) is 0 Å². The van der Waals surface area contributed by atoms with E-state index < -0.39 is 4.92 Å². The fourth-order valence-electron chi connectivity index (χ4n) is 3.04. The Morgan fingerprint density at radius 1 is 1.11 bits per heavy atom. The molecule has 1 N–H and O–H groups in total. The summed E-state index contributed by atoms with van der Waals surface area (Å²) < 4.78 is 1.72. The summed E-state index contributed by atoms with van der Waals surface area (Å²) in [6, 6.07) is 14.3.